The molecule has 4 rings (SSSR count). The predicted molar refractivity (Wildman–Crippen MR) is 133 cm³/mol. The van der Waals surface area contributed by atoms with Crippen molar-refractivity contribution in [1.29, 1.82) is 0 Å². The Morgan fingerprint density at radius 1 is 0.941 bits per heavy atom. The fraction of sp³-hybridized carbons (Fsp3) is 0.250. The summed E-state index contributed by atoms with van der Waals surface area (Å²) in [6, 6.07) is 12.4. The number of halogens is 1. The van der Waals surface area contributed by atoms with Crippen LogP contribution in [0.2, 0.25) is 5.02 Å². The van der Waals surface area contributed by atoms with Crippen molar-refractivity contribution >= 4 is 46.0 Å². The number of rotatable bonds is 6. The van der Waals surface area contributed by atoms with E-state index in [0.717, 1.165) is 0 Å². The Balaban J connectivity index is 1.90. The van der Waals surface area contributed by atoms with Gasteiger partial charge in [0, 0.05) is 29.0 Å². The monoisotopic (exact) mass is 498 g/mol. The number of imidazole rings is 1. The number of thioether (sulfide) groups is 1. The largest absolute Gasteiger partial charge is 0.493 e. The lowest BCUT2D eigenvalue weighted by Crippen LogP contribution is -2.29. The van der Waals surface area contributed by atoms with Crippen LogP contribution in [0.1, 0.15) is 37.0 Å². The van der Waals surface area contributed by atoms with Gasteiger partial charge in [-0.3, -0.25) is 14.2 Å². The average Bonchev–Trinajstić information content (AvgIpc) is 3.26. The Labute approximate surface area is 206 Å². The molecule has 0 bridgehead atoms. The molecule has 10 heteroatoms. The number of ether oxygens (including phenoxy) is 2. The van der Waals surface area contributed by atoms with Crippen molar-refractivity contribution in [3.8, 4) is 22.9 Å². The number of hydrogen-bond acceptors (Lipinski definition) is 7. The summed E-state index contributed by atoms with van der Waals surface area (Å²) in [5.41, 5.74) is 1.42. The molecule has 0 saturated heterocycles. The zero-order valence-corrected chi connectivity index (χ0v) is 20.7. The Bertz CT molecular complexity index is 1290. The molecule has 8 nitrogen and oxygen atoms in total. The van der Waals surface area contributed by atoms with Gasteiger partial charge in [0.1, 0.15) is 15.9 Å². The third kappa shape index (κ3) is 4.28. The first-order valence-corrected chi connectivity index (χ1v) is 11.8. The van der Waals surface area contributed by atoms with Crippen LogP contribution in [0.25, 0.3) is 11.4 Å². The third-order valence-corrected chi connectivity index (χ3v) is 6.55. The fourth-order valence-electron chi connectivity index (χ4n) is 3.47. The van der Waals surface area contributed by atoms with Gasteiger partial charge in [-0.25, -0.2) is 4.98 Å². The summed E-state index contributed by atoms with van der Waals surface area (Å²) in [7, 11) is 3.11. The van der Waals surface area contributed by atoms with Crippen molar-refractivity contribution in [3.05, 3.63) is 53.1 Å². The van der Waals surface area contributed by atoms with Crippen LogP contribution in [0.15, 0.2) is 52.6 Å². The fourth-order valence-corrected chi connectivity index (χ4v) is 4.64. The van der Waals surface area contributed by atoms with E-state index in [4.69, 9.17) is 26.1 Å². The Hall–Kier alpha value is -3.30. The molecule has 0 atom stereocenters. The van der Waals surface area contributed by atoms with E-state index in [-0.39, 0.29) is 24.7 Å². The molecule has 1 aliphatic rings. The van der Waals surface area contributed by atoms with Crippen molar-refractivity contribution < 1.29 is 19.1 Å². The average molecular weight is 499 g/mol. The van der Waals surface area contributed by atoms with E-state index >= 15 is 0 Å². The number of methoxy groups -OCH3 is 2. The second kappa shape index (κ2) is 9.90. The van der Waals surface area contributed by atoms with Gasteiger partial charge in [-0.1, -0.05) is 25.4 Å². The van der Waals surface area contributed by atoms with Crippen molar-refractivity contribution in [3.63, 3.8) is 0 Å². The number of amides is 1. The highest BCUT2D eigenvalue weighted by Crippen LogP contribution is 2.42. The highest BCUT2D eigenvalue weighted by Gasteiger charge is 2.34. The van der Waals surface area contributed by atoms with Crippen LogP contribution in [0.3, 0.4) is 0 Å². The molecule has 0 unspecified atom stereocenters. The van der Waals surface area contributed by atoms with E-state index in [1.54, 1.807) is 69.0 Å². The summed E-state index contributed by atoms with van der Waals surface area (Å²) < 4.78 is 12.3. The number of anilines is 1. The molecule has 1 aromatic heterocycles. The Morgan fingerprint density at radius 2 is 1.59 bits per heavy atom. The molecule has 2 heterocycles. The number of carbonyl (C=O) groups excluding carboxylic acids is 2. The zero-order valence-electron chi connectivity index (χ0n) is 19.2. The summed E-state index contributed by atoms with van der Waals surface area (Å²) in [6.07, 6.45) is 0.478. The molecule has 0 fully saturated rings. The van der Waals surface area contributed by atoms with Crippen LogP contribution >= 0.6 is 23.4 Å². The summed E-state index contributed by atoms with van der Waals surface area (Å²) >= 11 is 7.33. The Morgan fingerprint density at radius 3 is 2.21 bits per heavy atom. The first-order chi connectivity index (χ1) is 16.4. The molecular formula is C24H23ClN4O4S. The third-order valence-electron chi connectivity index (χ3n) is 5.23. The van der Waals surface area contributed by atoms with Crippen LogP contribution in [0, 0.1) is 0 Å². The van der Waals surface area contributed by atoms with Gasteiger partial charge in [0.15, 0.2) is 17.3 Å². The molecular weight excluding hydrogens is 476 g/mol. The van der Waals surface area contributed by atoms with E-state index in [9.17, 15) is 9.59 Å². The maximum atomic E-state index is 13.1. The predicted octanol–water partition coefficient (Wildman–Crippen LogP) is 5.48. The molecule has 2 aromatic carbocycles. The molecule has 1 amide bonds. The molecule has 0 radical (unpaired) electrons. The number of benzene rings is 2. The molecule has 0 aliphatic carbocycles. The molecule has 0 N–H and O–H groups in total. The first kappa shape index (κ1) is 23.8. The van der Waals surface area contributed by atoms with Gasteiger partial charge in [0.2, 0.25) is 11.8 Å². The minimum Gasteiger partial charge on any atom is -0.493 e. The molecule has 3 aromatic rings. The summed E-state index contributed by atoms with van der Waals surface area (Å²) in [4.78, 5) is 30.7. The van der Waals surface area contributed by atoms with E-state index in [1.165, 1.54) is 16.8 Å². The summed E-state index contributed by atoms with van der Waals surface area (Å²) in [5.74, 6) is 1.47. The number of hydrogen-bond donors (Lipinski definition) is 0. The lowest BCUT2D eigenvalue weighted by atomic mass is 10.2. The molecule has 0 saturated carbocycles. The number of nitrogens with zero attached hydrogens (tertiary/aromatic N) is 4. The maximum Gasteiger partial charge on any atom is 0.248 e. The lowest BCUT2D eigenvalue weighted by molar-refractivity contribution is -0.118. The maximum absolute atomic E-state index is 13.1. The molecule has 0 spiro atoms. The van der Waals surface area contributed by atoms with E-state index in [2.05, 4.69) is 5.10 Å². The minimum atomic E-state index is -0.240. The van der Waals surface area contributed by atoms with Gasteiger partial charge in [0.05, 0.1) is 14.2 Å². The van der Waals surface area contributed by atoms with Crippen LogP contribution < -0.4 is 14.5 Å². The van der Waals surface area contributed by atoms with Crippen molar-refractivity contribution in [2.45, 2.75) is 31.7 Å². The highest BCUT2D eigenvalue weighted by atomic mass is 35.5. The highest BCUT2D eigenvalue weighted by molar-refractivity contribution is 8.14. The van der Waals surface area contributed by atoms with Gasteiger partial charge in [0.25, 0.3) is 0 Å². The first-order valence-electron chi connectivity index (χ1n) is 10.6. The second-order valence-corrected chi connectivity index (χ2v) is 8.70. The van der Waals surface area contributed by atoms with E-state index in [1.807, 2.05) is 6.07 Å². The summed E-state index contributed by atoms with van der Waals surface area (Å²) in [6.45, 7) is 3.54. The van der Waals surface area contributed by atoms with Crippen molar-refractivity contribution in [1.82, 2.24) is 9.55 Å². The van der Waals surface area contributed by atoms with Gasteiger partial charge in [-0.2, -0.15) is 10.1 Å². The van der Waals surface area contributed by atoms with E-state index < -0.39 is 0 Å². The molecule has 176 valence electrons. The Kier molecular flexibility index (Phi) is 6.95. The normalized spacial score (nSPS) is 12.7. The van der Waals surface area contributed by atoms with Crippen molar-refractivity contribution in [2.24, 2.45) is 5.10 Å². The van der Waals surface area contributed by atoms with Crippen LogP contribution in [0.5, 0.6) is 11.5 Å². The number of hydrazone groups is 1. The second-order valence-electron chi connectivity index (χ2n) is 7.29. The minimum absolute atomic E-state index is 0.149. The number of carbonyl (C=O) groups is 2. The van der Waals surface area contributed by atoms with Gasteiger partial charge >= 0.3 is 0 Å². The van der Waals surface area contributed by atoms with Crippen LogP contribution in [-0.2, 0) is 4.79 Å². The van der Waals surface area contributed by atoms with Crippen LogP contribution in [0.4, 0.5) is 5.82 Å². The summed E-state index contributed by atoms with van der Waals surface area (Å²) in [5, 5.41) is 7.51. The number of fused-ring (bicyclic) bond motifs is 1. The standard InChI is InChI=1S/C24H23ClN4O4S/c1-5-19(30)28-21(14-7-10-16(25)11-8-14)26-22-24(28)34-23(27-29(22)20(31)6-2)15-9-12-17(32-3)18(13-15)33-4/h7-13H,5-6H2,1-4H3. The van der Waals surface area contributed by atoms with Gasteiger partial charge < -0.3 is 9.47 Å². The van der Waals surface area contributed by atoms with Gasteiger partial charge in [-0.05, 0) is 54.2 Å². The molecule has 1 aliphatic heterocycles. The zero-order chi connectivity index (χ0) is 24.4. The van der Waals surface area contributed by atoms with Crippen molar-refractivity contribution in [2.75, 3.05) is 19.2 Å². The van der Waals surface area contributed by atoms with E-state index in [0.29, 0.717) is 49.4 Å². The lowest BCUT2D eigenvalue weighted by Gasteiger charge is -2.23. The topological polar surface area (TPSA) is 86.0 Å². The molecule has 34 heavy (non-hydrogen) atoms. The van der Waals surface area contributed by atoms with Crippen LogP contribution in [-0.4, -0.2) is 40.6 Å². The van der Waals surface area contributed by atoms with Gasteiger partial charge in [-0.15, -0.1) is 0 Å². The smallest absolute Gasteiger partial charge is 0.248 e. The number of aromatic nitrogens is 2. The quantitative estimate of drug-likeness (QED) is 0.447. The SMILES string of the molecule is CCC(=O)N1N=C(c2ccc(OC)c(OC)c2)Sc2c1nc(-c1ccc(Cl)cc1)n2C(=O)CC.